The van der Waals surface area contributed by atoms with E-state index in [9.17, 15) is 0 Å². The Kier molecular flexibility index (Phi) is 5.40. The molecule has 1 aromatic carbocycles. The van der Waals surface area contributed by atoms with E-state index in [0.29, 0.717) is 12.0 Å². The van der Waals surface area contributed by atoms with Crippen molar-refractivity contribution in [2.75, 3.05) is 6.54 Å². The Bertz CT molecular complexity index is 362. The first kappa shape index (κ1) is 15.2. The van der Waals surface area contributed by atoms with Crippen molar-refractivity contribution in [3.8, 4) is 0 Å². The van der Waals surface area contributed by atoms with Crippen LogP contribution in [0, 0.1) is 5.92 Å². The summed E-state index contributed by atoms with van der Waals surface area (Å²) < 4.78 is 0. The summed E-state index contributed by atoms with van der Waals surface area (Å²) in [6.07, 6.45) is 1.20. The Morgan fingerprint density at radius 1 is 1.11 bits per heavy atom. The lowest BCUT2D eigenvalue weighted by Gasteiger charge is -2.31. The van der Waals surface area contributed by atoms with Gasteiger partial charge in [-0.1, -0.05) is 72.2 Å². The van der Waals surface area contributed by atoms with Gasteiger partial charge in [0.1, 0.15) is 0 Å². The molecule has 0 bridgehead atoms. The molecular weight excluding hydrogens is 218 g/mol. The summed E-state index contributed by atoms with van der Waals surface area (Å²) in [5.74, 6) is 0.661. The third kappa shape index (κ3) is 3.58. The summed E-state index contributed by atoms with van der Waals surface area (Å²) >= 11 is 0. The van der Waals surface area contributed by atoms with Gasteiger partial charge in [0.15, 0.2) is 0 Å². The van der Waals surface area contributed by atoms with Crippen molar-refractivity contribution >= 4 is 0 Å². The van der Waals surface area contributed by atoms with Crippen LogP contribution < -0.4 is 5.32 Å². The van der Waals surface area contributed by atoms with Crippen LogP contribution in [0.2, 0.25) is 0 Å². The maximum absolute atomic E-state index is 3.66. The zero-order chi connectivity index (χ0) is 13.8. The fourth-order valence-corrected chi connectivity index (χ4v) is 2.52. The van der Waals surface area contributed by atoms with E-state index in [1.807, 2.05) is 0 Å². The second-order valence-electron chi connectivity index (χ2n) is 6.26. The predicted molar refractivity (Wildman–Crippen MR) is 81.0 cm³/mol. The number of benzene rings is 1. The molecule has 0 amide bonds. The first-order chi connectivity index (χ1) is 8.41. The van der Waals surface area contributed by atoms with Gasteiger partial charge in [-0.25, -0.2) is 0 Å². The SMILES string of the molecule is CCNC(c1ccccc1C(C)(C)C)C(C)CC. The summed E-state index contributed by atoms with van der Waals surface area (Å²) in [5.41, 5.74) is 3.15. The highest BCUT2D eigenvalue weighted by Gasteiger charge is 2.24. The van der Waals surface area contributed by atoms with Gasteiger partial charge < -0.3 is 5.32 Å². The summed E-state index contributed by atoms with van der Waals surface area (Å²) in [6, 6.07) is 9.36. The Labute approximate surface area is 113 Å². The molecule has 0 saturated heterocycles. The van der Waals surface area contributed by atoms with Crippen molar-refractivity contribution < 1.29 is 0 Å². The molecule has 0 aliphatic carbocycles. The van der Waals surface area contributed by atoms with Gasteiger partial charge in [0.05, 0.1) is 0 Å². The first-order valence-electron chi connectivity index (χ1n) is 7.24. The average molecular weight is 247 g/mol. The van der Waals surface area contributed by atoms with Gasteiger partial charge >= 0.3 is 0 Å². The fourth-order valence-electron chi connectivity index (χ4n) is 2.52. The van der Waals surface area contributed by atoms with Gasteiger partial charge in [-0.15, -0.1) is 0 Å². The van der Waals surface area contributed by atoms with Gasteiger partial charge in [0.2, 0.25) is 0 Å². The predicted octanol–water partition coefficient (Wildman–Crippen LogP) is 4.68. The quantitative estimate of drug-likeness (QED) is 0.796. The third-order valence-corrected chi connectivity index (χ3v) is 3.74. The normalized spacial score (nSPS) is 15.4. The van der Waals surface area contributed by atoms with E-state index in [0.717, 1.165) is 6.54 Å². The van der Waals surface area contributed by atoms with Gasteiger partial charge in [0, 0.05) is 6.04 Å². The molecule has 0 aliphatic rings. The highest BCUT2D eigenvalue weighted by molar-refractivity contribution is 5.35. The summed E-state index contributed by atoms with van der Waals surface area (Å²) in [4.78, 5) is 0. The van der Waals surface area contributed by atoms with Gasteiger partial charge in [-0.3, -0.25) is 0 Å². The second kappa shape index (κ2) is 6.38. The van der Waals surface area contributed by atoms with Crippen molar-refractivity contribution in [1.29, 1.82) is 0 Å². The zero-order valence-corrected chi connectivity index (χ0v) is 12.9. The van der Waals surface area contributed by atoms with E-state index >= 15 is 0 Å². The highest BCUT2D eigenvalue weighted by Crippen LogP contribution is 2.33. The molecule has 1 N–H and O–H groups in total. The molecule has 1 nitrogen and oxygen atoms in total. The lowest BCUT2D eigenvalue weighted by Crippen LogP contribution is -2.29. The van der Waals surface area contributed by atoms with Crippen LogP contribution >= 0.6 is 0 Å². The molecule has 0 radical (unpaired) electrons. The van der Waals surface area contributed by atoms with Crippen molar-refractivity contribution in [3.63, 3.8) is 0 Å². The zero-order valence-electron chi connectivity index (χ0n) is 12.9. The van der Waals surface area contributed by atoms with Crippen molar-refractivity contribution in [2.45, 2.75) is 59.4 Å². The number of hydrogen-bond donors (Lipinski definition) is 1. The van der Waals surface area contributed by atoms with Crippen LogP contribution in [0.25, 0.3) is 0 Å². The van der Waals surface area contributed by atoms with E-state index in [1.54, 1.807) is 0 Å². The Balaban J connectivity index is 3.19. The van der Waals surface area contributed by atoms with E-state index in [-0.39, 0.29) is 5.41 Å². The lowest BCUT2D eigenvalue weighted by atomic mass is 9.79. The van der Waals surface area contributed by atoms with E-state index in [1.165, 1.54) is 17.5 Å². The van der Waals surface area contributed by atoms with E-state index in [2.05, 4.69) is 71.1 Å². The molecule has 2 unspecified atom stereocenters. The molecule has 0 saturated carbocycles. The number of rotatable bonds is 5. The molecule has 18 heavy (non-hydrogen) atoms. The molecule has 0 aliphatic heterocycles. The van der Waals surface area contributed by atoms with Crippen LogP contribution in [-0.2, 0) is 5.41 Å². The Morgan fingerprint density at radius 2 is 1.72 bits per heavy atom. The molecule has 0 heterocycles. The molecule has 102 valence electrons. The van der Waals surface area contributed by atoms with Crippen LogP contribution in [0.15, 0.2) is 24.3 Å². The molecule has 0 fully saturated rings. The van der Waals surface area contributed by atoms with Crippen molar-refractivity contribution in [1.82, 2.24) is 5.32 Å². The summed E-state index contributed by atoms with van der Waals surface area (Å²) in [7, 11) is 0. The van der Waals surface area contributed by atoms with E-state index in [4.69, 9.17) is 0 Å². The standard InChI is InChI=1S/C17H29N/c1-7-13(3)16(18-8-2)14-11-9-10-12-15(14)17(4,5)6/h9-13,16,18H,7-8H2,1-6H3. The van der Waals surface area contributed by atoms with Crippen LogP contribution in [0.3, 0.4) is 0 Å². The van der Waals surface area contributed by atoms with Crippen LogP contribution in [0.1, 0.15) is 65.1 Å². The number of hydrogen-bond acceptors (Lipinski definition) is 1. The van der Waals surface area contributed by atoms with E-state index < -0.39 is 0 Å². The minimum absolute atomic E-state index is 0.206. The smallest absolute Gasteiger partial charge is 0.0348 e. The molecule has 0 aromatic heterocycles. The highest BCUT2D eigenvalue weighted by atomic mass is 14.9. The minimum atomic E-state index is 0.206. The van der Waals surface area contributed by atoms with Crippen LogP contribution in [0.5, 0.6) is 0 Å². The van der Waals surface area contributed by atoms with Crippen LogP contribution in [0.4, 0.5) is 0 Å². The lowest BCUT2D eigenvalue weighted by molar-refractivity contribution is 0.377. The summed E-state index contributed by atoms with van der Waals surface area (Å²) in [5, 5.41) is 3.66. The largest absolute Gasteiger partial charge is 0.310 e. The third-order valence-electron chi connectivity index (χ3n) is 3.74. The molecule has 1 aromatic rings. The van der Waals surface area contributed by atoms with Crippen LogP contribution in [-0.4, -0.2) is 6.54 Å². The topological polar surface area (TPSA) is 12.0 Å². The summed E-state index contributed by atoms with van der Waals surface area (Å²) in [6.45, 7) is 14.7. The second-order valence-corrected chi connectivity index (χ2v) is 6.26. The average Bonchev–Trinajstić information content (AvgIpc) is 2.34. The van der Waals surface area contributed by atoms with Gasteiger partial charge in [-0.2, -0.15) is 0 Å². The molecule has 1 heteroatoms. The molecule has 0 spiro atoms. The Morgan fingerprint density at radius 3 is 2.22 bits per heavy atom. The van der Waals surface area contributed by atoms with Gasteiger partial charge in [0.25, 0.3) is 0 Å². The number of nitrogens with one attached hydrogen (secondary N) is 1. The van der Waals surface area contributed by atoms with Gasteiger partial charge in [-0.05, 0) is 29.0 Å². The maximum atomic E-state index is 3.66. The first-order valence-corrected chi connectivity index (χ1v) is 7.24. The molecular formula is C17H29N. The fraction of sp³-hybridized carbons (Fsp3) is 0.647. The van der Waals surface area contributed by atoms with Crippen molar-refractivity contribution in [3.05, 3.63) is 35.4 Å². The monoisotopic (exact) mass is 247 g/mol. The molecule has 2 atom stereocenters. The maximum Gasteiger partial charge on any atom is 0.0348 e. The van der Waals surface area contributed by atoms with Crippen molar-refractivity contribution in [2.24, 2.45) is 5.92 Å². The Hall–Kier alpha value is -0.820. The minimum Gasteiger partial charge on any atom is -0.310 e. The molecule has 1 rings (SSSR count).